The Kier molecular flexibility index (Phi) is 3.48. The monoisotopic (exact) mass is 264 g/mol. The number of piperidine rings is 1. The molecule has 0 aliphatic carbocycles. The van der Waals surface area contributed by atoms with Crippen molar-refractivity contribution in [2.45, 2.75) is 31.0 Å². The molecule has 2 atom stereocenters. The highest BCUT2D eigenvalue weighted by Gasteiger charge is 2.48. The lowest BCUT2D eigenvalue weighted by Gasteiger charge is -2.42. The number of aliphatic hydroxyl groups is 1. The van der Waals surface area contributed by atoms with Gasteiger partial charge < -0.3 is 9.84 Å². The van der Waals surface area contributed by atoms with Crippen molar-refractivity contribution in [1.82, 2.24) is 8.61 Å². The Labute approximate surface area is 102 Å². The van der Waals surface area contributed by atoms with Gasteiger partial charge >= 0.3 is 0 Å². The highest BCUT2D eigenvalue weighted by atomic mass is 32.2. The zero-order chi connectivity index (χ0) is 12.7. The van der Waals surface area contributed by atoms with Crippen molar-refractivity contribution in [3.63, 3.8) is 0 Å². The number of ether oxygens (including phenoxy) is 1. The minimum atomic E-state index is -3.41. The van der Waals surface area contributed by atoms with Crippen LogP contribution in [0.15, 0.2) is 0 Å². The van der Waals surface area contributed by atoms with Crippen molar-refractivity contribution in [2.75, 3.05) is 33.8 Å². The average molecular weight is 264 g/mol. The number of aliphatic hydroxyl groups excluding tert-OH is 1. The van der Waals surface area contributed by atoms with E-state index in [1.807, 2.05) is 0 Å². The van der Waals surface area contributed by atoms with Crippen molar-refractivity contribution in [3.05, 3.63) is 0 Å². The predicted octanol–water partition coefficient (Wildman–Crippen LogP) is -0.591. The normalized spacial score (nSPS) is 35.9. The van der Waals surface area contributed by atoms with Crippen LogP contribution in [0, 0.1) is 0 Å². The van der Waals surface area contributed by atoms with Gasteiger partial charge in [-0.05, 0) is 19.3 Å². The molecule has 0 saturated carbocycles. The molecule has 0 aromatic heterocycles. The molecule has 2 aliphatic rings. The molecule has 0 radical (unpaired) electrons. The first kappa shape index (κ1) is 13.2. The lowest BCUT2D eigenvalue weighted by molar-refractivity contribution is -0.118. The smallest absolute Gasteiger partial charge is 0.281 e. The van der Waals surface area contributed by atoms with E-state index >= 15 is 0 Å². The molecule has 1 N–H and O–H groups in total. The fraction of sp³-hybridized carbons (Fsp3) is 1.00. The van der Waals surface area contributed by atoms with Crippen LogP contribution in [0.1, 0.15) is 19.3 Å². The van der Waals surface area contributed by atoms with Gasteiger partial charge in [-0.3, -0.25) is 0 Å². The van der Waals surface area contributed by atoms with E-state index in [1.54, 1.807) is 0 Å². The molecule has 2 fully saturated rings. The Bertz CT molecular complexity index is 376. The first-order chi connectivity index (χ1) is 7.88. The molecule has 7 heteroatoms. The number of hydrogen-bond donors (Lipinski definition) is 1. The molecule has 2 aliphatic heterocycles. The van der Waals surface area contributed by atoms with Crippen molar-refractivity contribution in [2.24, 2.45) is 0 Å². The third-order valence-electron chi connectivity index (χ3n) is 3.62. The maximum Gasteiger partial charge on any atom is 0.281 e. The lowest BCUT2D eigenvalue weighted by atomic mass is 9.88. The van der Waals surface area contributed by atoms with Gasteiger partial charge in [0, 0.05) is 33.8 Å². The van der Waals surface area contributed by atoms with E-state index in [2.05, 4.69) is 0 Å². The highest BCUT2D eigenvalue weighted by molar-refractivity contribution is 7.86. The van der Waals surface area contributed by atoms with E-state index in [4.69, 9.17) is 4.74 Å². The number of nitrogens with zero attached hydrogens (tertiary/aromatic N) is 2. The second-order valence-corrected chi connectivity index (χ2v) is 7.09. The molecule has 0 bridgehead atoms. The van der Waals surface area contributed by atoms with Crippen molar-refractivity contribution in [1.29, 1.82) is 0 Å². The Morgan fingerprint density at radius 1 is 1.47 bits per heavy atom. The molecule has 100 valence electrons. The largest absolute Gasteiger partial charge is 0.390 e. The van der Waals surface area contributed by atoms with Gasteiger partial charge in [0.2, 0.25) is 0 Å². The first-order valence-electron chi connectivity index (χ1n) is 5.88. The summed E-state index contributed by atoms with van der Waals surface area (Å²) in [7, 11) is -0.378. The Morgan fingerprint density at radius 3 is 2.71 bits per heavy atom. The van der Waals surface area contributed by atoms with E-state index in [0.717, 1.165) is 12.8 Å². The minimum absolute atomic E-state index is 0.259. The molecule has 6 nitrogen and oxygen atoms in total. The van der Waals surface area contributed by atoms with Crippen LogP contribution in [0.4, 0.5) is 0 Å². The molecule has 17 heavy (non-hydrogen) atoms. The molecule has 0 amide bonds. The molecule has 0 aromatic carbocycles. The minimum Gasteiger partial charge on any atom is -0.390 e. The summed E-state index contributed by atoms with van der Waals surface area (Å²) in [6, 6.07) is 0. The maximum atomic E-state index is 12.0. The second kappa shape index (κ2) is 4.47. The molecule has 0 unspecified atom stereocenters. The van der Waals surface area contributed by atoms with Crippen molar-refractivity contribution < 1.29 is 18.3 Å². The van der Waals surface area contributed by atoms with Gasteiger partial charge in [0.25, 0.3) is 10.2 Å². The summed E-state index contributed by atoms with van der Waals surface area (Å²) < 4.78 is 32.3. The third kappa shape index (κ3) is 2.22. The predicted molar refractivity (Wildman–Crippen MR) is 62.7 cm³/mol. The summed E-state index contributed by atoms with van der Waals surface area (Å²) in [5, 5.41) is 10.0. The van der Waals surface area contributed by atoms with E-state index in [0.29, 0.717) is 19.6 Å². The average Bonchev–Trinajstić information content (AvgIpc) is 2.71. The van der Waals surface area contributed by atoms with Crippen LogP contribution in [0.3, 0.4) is 0 Å². The van der Waals surface area contributed by atoms with Crippen LogP contribution in [0.2, 0.25) is 0 Å². The van der Waals surface area contributed by atoms with Gasteiger partial charge in [0.15, 0.2) is 0 Å². The first-order valence-corrected chi connectivity index (χ1v) is 7.28. The molecule has 1 spiro atoms. The zero-order valence-corrected chi connectivity index (χ0v) is 11.1. The SMILES string of the molecule is CN(C)S(=O)(=O)N1CC[C@H](O)[C@]2(CCCO2)C1. The van der Waals surface area contributed by atoms with E-state index in [9.17, 15) is 13.5 Å². The van der Waals surface area contributed by atoms with Gasteiger partial charge in [-0.1, -0.05) is 0 Å². The lowest BCUT2D eigenvalue weighted by Crippen LogP contribution is -2.59. The molecular formula is C10H20N2O4S. The summed E-state index contributed by atoms with van der Waals surface area (Å²) >= 11 is 0. The van der Waals surface area contributed by atoms with Crippen LogP contribution < -0.4 is 0 Å². The highest BCUT2D eigenvalue weighted by Crippen LogP contribution is 2.35. The Morgan fingerprint density at radius 2 is 2.18 bits per heavy atom. The maximum absolute atomic E-state index is 12.0. The molecule has 2 rings (SSSR count). The van der Waals surface area contributed by atoms with Gasteiger partial charge in [-0.15, -0.1) is 0 Å². The summed E-state index contributed by atoms with van der Waals surface area (Å²) in [4.78, 5) is 0. The number of rotatable bonds is 2. The third-order valence-corrected chi connectivity index (χ3v) is 5.51. The quantitative estimate of drug-likeness (QED) is 0.723. The second-order valence-electron chi connectivity index (χ2n) is 4.94. The zero-order valence-electron chi connectivity index (χ0n) is 10.3. The standard InChI is InChI=1S/C10H20N2O4S/c1-11(2)17(14,15)12-6-4-9(13)10(8-12)5-3-7-16-10/h9,13H,3-8H2,1-2H3/t9-,10-/m0/s1. The molecule has 2 saturated heterocycles. The fourth-order valence-electron chi connectivity index (χ4n) is 2.55. The van der Waals surface area contributed by atoms with E-state index < -0.39 is 21.9 Å². The van der Waals surface area contributed by atoms with Crippen LogP contribution in [-0.2, 0) is 14.9 Å². The van der Waals surface area contributed by atoms with Gasteiger partial charge in [0.05, 0.1) is 6.10 Å². The van der Waals surface area contributed by atoms with Crippen LogP contribution in [0.25, 0.3) is 0 Å². The van der Waals surface area contributed by atoms with Gasteiger partial charge in [-0.25, -0.2) is 0 Å². The van der Waals surface area contributed by atoms with Gasteiger partial charge in [0.1, 0.15) is 5.60 Å². The van der Waals surface area contributed by atoms with Crippen LogP contribution in [-0.4, -0.2) is 67.6 Å². The molecule has 2 heterocycles. The van der Waals surface area contributed by atoms with Crippen LogP contribution >= 0.6 is 0 Å². The Balaban J connectivity index is 2.19. The Hall–Kier alpha value is -0.210. The summed E-state index contributed by atoms with van der Waals surface area (Å²) in [5.74, 6) is 0. The number of hydrogen-bond acceptors (Lipinski definition) is 4. The molecule has 0 aromatic rings. The molecular weight excluding hydrogens is 244 g/mol. The topological polar surface area (TPSA) is 70.1 Å². The van der Waals surface area contributed by atoms with Crippen LogP contribution in [0.5, 0.6) is 0 Å². The summed E-state index contributed by atoms with van der Waals surface area (Å²) in [5.41, 5.74) is -0.679. The van der Waals surface area contributed by atoms with Crippen molar-refractivity contribution >= 4 is 10.2 Å². The summed E-state index contributed by atoms with van der Waals surface area (Å²) in [6.07, 6.45) is 1.49. The van der Waals surface area contributed by atoms with Gasteiger partial charge in [-0.2, -0.15) is 17.0 Å². The van der Waals surface area contributed by atoms with E-state index in [1.165, 1.54) is 22.7 Å². The summed E-state index contributed by atoms with van der Waals surface area (Å²) in [6.45, 7) is 1.22. The van der Waals surface area contributed by atoms with E-state index in [-0.39, 0.29) is 6.54 Å². The fourth-order valence-corrected chi connectivity index (χ4v) is 3.73. The van der Waals surface area contributed by atoms with Crippen molar-refractivity contribution in [3.8, 4) is 0 Å².